The van der Waals surface area contributed by atoms with Gasteiger partial charge in [0.15, 0.2) is 5.82 Å². The molecule has 1 fully saturated rings. The van der Waals surface area contributed by atoms with Crippen molar-refractivity contribution in [3.05, 3.63) is 40.2 Å². The number of rotatable bonds is 5. The zero-order valence-corrected chi connectivity index (χ0v) is 12.2. The molecule has 2 aromatic rings. The van der Waals surface area contributed by atoms with Crippen molar-refractivity contribution in [3.63, 3.8) is 0 Å². The van der Waals surface area contributed by atoms with Crippen LogP contribution in [0.1, 0.15) is 37.9 Å². The Morgan fingerprint density at radius 3 is 2.64 bits per heavy atom. The van der Waals surface area contributed by atoms with E-state index in [2.05, 4.69) is 20.8 Å². The number of aromatic nitrogens is 4. The number of nitrogens with one attached hydrogen (secondary N) is 1. The molecule has 1 aromatic heterocycles. The molecule has 0 spiro atoms. The van der Waals surface area contributed by atoms with E-state index in [1.165, 1.54) is 44.2 Å². The number of nitro groups is 1. The summed E-state index contributed by atoms with van der Waals surface area (Å²) in [6.07, 6.45) is 6.24. The van der Waals surface area contributed by atoms with E-state index in [1.54, 1.807) is 16.8 Å². The maximum absolute atomic E-state index is 10.7. The van der Waals surface area contributed by atoms with E-state index in [-0.39, 0.29) is 5.69 Å². The van der Waals surface area contributed by atoms with Gasteiger partial charge in [-0.3, -0.25) is 10.1 Å². The highest BCUT2D eigenvalue weighted by Gasteiger charge is 2.15. The normalized spacial score (nSPS) is 15.8. The Morgan fingerprint density at radius 1 is 1.23 bits per heavy atom. The van der Waals surface area contributed by atoms with Crippen molar-refractivity contribution in [2.75, 3.05) is 0 Å². The molecule has 22 heavy (non-hydrogen) atoms. The summed E-state index contributed by atoms with van der Waals surface area (Å²) >= 11 is 0. The third-order valence-corrected chi connectivity index (χ3v) is 3.99. The van der Waals surface area contributed by atoms with Crippen LogP contribution in [0, 0.1) is 10.1 Å². The molecule has 116 valence electrons. The summed E-state index contributed by atoms with van der Waals surface area (Å²) < 4.78 is 1.61. The van der Waals surface area contributed by atoms with Gasteiger partial charge in [-0.25, -0.2) is 0 Å². The van der Waals surface area contributed by atoms with Gasteiger partial charge in [0.1, 0.15) is 0 Å². The molecule has 1 aliphatic carbocycles. The van der Waals surface area contributed by atoms with Crippen molar-refractivity contribution in [2.45, 2.75) is 44.7 Å². The summed E-state index contributed by atoms with van der Waals surface area (Å²) in [5, 5.41) is 25.9. The first-order valence-corrected chi connectivity index (χ1v) is 7.49. The Morgan fingerprint density at radius 2 is 1.95 bits per heavy atom. The first-order chi connectivity index (χ1) is 10.7. The largest absolute Gasteiger partial charge is 0.307 e. The minimum atomic E-state index is -0.422. The van der Waals surface area contributed by atoms with Gasteiger partial charge in [-0.15, -0.1) is 5.10 Å². The second kappa shape index (κ2) is 6.61. The highest BCUT2D eigenvalue weighted by Crippen LogP contribution is 2.18. The van der Waals surface area contributed by atoms with Crippen LogP contribution in [0.5, 0.6) is 0 Å². The van der Waals surface area contributed by atoms with Crippen LogP contribution < -0.4 is 5.32 Å². The van der Waals surface area contributed by atoms with Gasteiger partial charge < -0.3 is 5.32 Å². The molecule has 3 rings (SSSR count). The van der Waals surface area contributed by atoms with Gasteiger partial charge in [0.25, 0.3) is 5.69 Å². The fourth-order valence-electron chi connectivity index (χ4n) is 2.77. The molecular formula is C14H18N6O2. The summed E-state index contributed by atoms with van der Waals surface area (Å²) in [6, 6.07) is 6.73. The van der Waals surface area contributed by atoms with Crippen molar-refractivity contribution >= 4 is 5.69 Å². The number of tetrazole rings is 1. The second-order valence-corrected chi connectivity index (χ2v) is 5.50. The minimum absolute atomic E-state index is 0.0544. The van der Waals surface area contributed by atoms with Gasteiger partial charge in [0, 0.05) is 18.2 Å². The van der Waals surface area contributed by atoms with Gasteiger partial charge in [0.05, 0.1) is 17.2 Å². The monoisotopic (exact) mass is 302 g/mol. The maximum Gasteiger partial charge on any atom is 0.269 e. The molecule has 0 atom stereocenters. The third-order valence-electron chi connectivity index (χ3n) is 3.99. The average molecular weight is 302 g/mol. The van der Waals surface area contributed by atoms with Crippen LogP contribution in [0.2, 0.25) is 0 Å². The van der Waals surface area contributed by atoms with Crippen molar-refractivity contribution in [1.29, 1.82) is 0 Å². The van der Waals surface area contributed by atoms with Crippen LogP contribution in [-0.4, -0.2) is 31.2 Å². The molecule has 8 heteroatoms. The number of benzene rings is 1. The van der Waals surface area contributed by atoms with E-state index in [9.17, 15) is 10.1 Å². The first-order valence-electron chi connectivity index (χ1n) is 7.49. The Hall–Kier alpha value is -2.35. The molecule has 0 saturated heterocycles. The number of nitrogens with zero attached hydrogens (tertiary/aromatic N) is 5. The van der Waals surface area contributed by atoms with Gasteiger partial charge in [0.2, 0.25) is 0 Å². The number of hydrogen-bond acceptors (Lipinski definition) is 6. The van der Waals surface area contributed by atoms with Crippen molar-refractivity contribution < 1.29 is 4.92 Å². The fourth-order valence-corrected chi connectivity index (χ4v) is 2.77. The Balaban J connectivity index is 1.69. The standard InChI is InChI=1S/C14H18N6O2/c21-20(22)13-8-6-12(7-9-13)19-14(16-17-18-19)10-15-11-4-2-1-3-5-11/h6-9,11,15H,1-5,10H2. The zero-order valence-electron chi connectivity index (χ0n) is 12.2. The van der Waals surface area contributed by atoms with E-state index in [0.29, 0.717) is 18.4 Å². The van der Waals surface area contributed by atoms with Crippen LogP contribution >= 0.6 is 0 Å². The lowest BCUT2D eigenvalue weighted by Gasteiger charge is -2.22. The second-order valence-electron chi connectivity index (χ2n) is 5.50. The summed E-state index contributed by atoms with van der Waals surface area (Å²) in [5.41, 5.74) is 0.773. The molecule has 0 radical (unpaired) electrons. The quantitative estimate of drug-likeness (QED) is 0.670. The lowest BCUT2D eigenvalue weighted by molar-refractivity contribution is -0.384. The highest BCUT2D eigenvalue weighted by molar-refractivity contribution is 5.40. The lowest BCUT2D eigenvalue weighted by atomic mass is 9.95. The van der Waals surface area contributed by atoms with Crippen molar-refractivity contribution in [1.82, 2.24) is 25.5 Å². The summed E-state index contributed by atoms with van der Waals surface area (Å²) in [4.78, 5) is 10.3. The smallest absolute Gasteiger partial charge is 0.269 e. The zero-order chi connectivity index (χ0) is 15.4. The van der Waals surface area contributed by atoms with E-state index in [1.807, 2.05) is 0 Å². The number of nitro benzene ring substituents is 1. The van der Waals surface area contributed by atoms with E-state index in [4.69, 9.17) is 0 Å². The maximum atomic E-state index is 10.7. The summed E-state index contributed by atoms with van der Waals surface area (Å²) in [7, 11) is 0. The number of hydrogen-bond donors (Lipinski definition) is 1. The minimum Gasteiger partial charge on any atom is -0.307 e. The molecule has 1 N–H and O–H groups in total. The van der Waals surface area contributed by atoms with E-state index < -0.39 is 4.92 Å². The lowest BCUT2D eigenvalue weighted by Crippen LogP contribution is -2.31. The highest BCUT2D eigenvalue weighted by atomic mass is 16.6. The van der Waals surface area contributed by atoms with Crippen LogP contribution in [0.25, 0.3) is 5.69 Å². The van der Waals surface area contributed by atoms with Crippen LogP contribution in [0.15, 0.2) is 24.3 Å². The fraction of sp³-hybridized carbons (Fsp3) is 0.500. The molecule has 1 saturated carbocycles. The van der Waals surface area contributed by atoms with Gasteiger partial charge >= 0.3 is 0 Å². The van der Waals surface area contributed by atoms with E-state index >= 15 is 0 Å². The van der Waals surface area contributed by atoms with Crippen molar-refractivity contribution in [3.8, 4) is 5.69 Å². The molecule has 0 bridgehead atoms. The topological polar surface area (TPSA) is 98.8 Å². The molecule has 8 nitrogen and oxygen atoms in total. The molecule has 0 aliphatic heterocycles. The van der Waals surface area contributed by atoms with Gasteiger partial charge in [-0.1, -0.05) is 19.3 Å². The van der Waals surface area contributed by atoms with Crippen LogP contribution in [-0.2, 0) is 6.54 Å². The molecule has 1 aliphatic rings. The molecule has 1 heterocycles. The Labute approximate surface area is 127 Å². The third kappa shape index (κ3) is 3.28. The summed E-state index contributed by atoms with van der Waals surface area (Å²) in [6.45, 7) is 0.592. The molecular weight excluding hydrogens is 284 g/mol. The first kappa shape index (κ1) is 14.6. The Bertz CT molecular complexity index is 633. The van der Waals surface area contributed by atoms with E-state index in [0.717, 1.165) is 5.69 Å². The Kier molecular flexibility index (Phi) is 4.38. The molecule has 0 amide bonds. The number of non-ortho nitro benzene ring substituents is 1. The van der Waals surface area contributed by atoms with Crippen molar-refractivity contribution in [2.24, 2.45) is 0 Å². The SMILES string of the molecule is O=[N+]([O-])c1ccc(-n2nnnc2CNC2CCCCC2)cc1. The predicted octanol–water partition coefficient (Wildman–Crippen LogP) is 1.99. The van der Waals surface area contributed by atoms with Gasteiger partial charge in [-0.2, -0.15) is 4.68 Å². The molecule has 0 unspecified atom stereocenters. The molecule has 1 aromatic carbocycles. The van der Waals surface area contributed by atoms with Gasteiger partial charge in [-0.05, 0) is 35.4 Å². The predicted molar refractivity (Wildman–Crippen MR) is 79.5 cm³/mol. The summed E-state index contributed by atoms with van der Waals surface area (Å²) in [5.74, 6) is 0.708. The average Bonchev–Trinajstić information content (AvgIpc) is 3.02. The van der Waals surface area contributed by atoms with Crippen LogP contribution in [0.3, 0.4) is 0 Å². The van der Waals surface area contributed by atoms with Crippen LogP contribution in [0.4, 0.5) is 5.69 Å².